The van der Waals surface area contributed by atoms with Crippen LogP contribution in [0.2, 0.25) is 0 Å². The van der Waals surface area contributed by atoms with Crippen LogP contribution in [0.3, 0.4) is 0 Å². The summed E-state index contributed by atoms with van der Waals surface area (Å²) in [5.74, 6) is 1.97. The molecule has 1 spiro atoms. The van der Waals surface area contributed by atoms with Gasteiger partial charge in [0, 0.05) is 26.6 Å². The van der Waals surface area contributed by atoms with E-state index in [1.165, 1.54) is 0 Å². The van der Waals surface area contributed by atoms with Crippen LogP contribution in [0.5, 0.6) is 0 Å². The van der Waals surface area contributed by atoms with E-state index in [9.17, 15) is 4.79 Å². The summed E-state index contributed by atoms with van der Waals surface area (Å²) >= 11 is 0. The van der Waals surface area contributed by atoms with E-state index in [1.807, 2.05) is 24.0 Å². The largest absolute Gasteiger partial charge is 0.465 e. The van der Waals surface area contributed by atoms with Crippen LogP contribution in [-0.4, -0.2) is 67.3 Å². The molecule has 0 aromatic carbocycles. The number of furan rings is 1. The number of morpholine rings is 1. The van der Waals surface area contributed by atoms with Crippen LogP contribution in [0.4, 0.5) is 0 Å². The van der Waals surface area contributed by atoms with Crippen molar-refractivity contribution in [3.8, 4) is 0 Å². The molecule has 1 amide bonds. The lowest BCUT2D eigenvalue weighted by Crippen LogP contribution is -2.58. The van der Waals surface area contributed by atoms with Crippen molar-refractivity contribution in [3.63, 3.8) is 0 Å². The summed E-state index contributed by atoms with van der Waals surface area (Å²) in [5, 5.41) is 0. The highest BCUT2D eigenvalue weighted by Crippen LogP contribution is 2.24. The van der Waals surface area contributed by atoms with Gasteiger partial charge in [0.1, 0.15) is 17.1 Å². The molecule has 6 heteroatoms. The molecule has 2 fully saturated rings. The SMILES string of the molecule is CC(=O)N1CCOC[C@@]2(CN(Cc3ccc(C)o3)CCO2)C1. The lowest BCUT2D eigenvalue weighted by molar-refractivity contribution is -0.151. The molecule has 6 nitrogen and oxygen atoms in total. The number of amides is 1. The summed E-state index contributed by atoms with van der Waals surface area (Å²) in [5.41, 5.74) is -0.429. The molecule has 0 radical (unpaired) electrons. The first-order chi connectivity index (χ1) is 10.6. The molecule has 1 aromatic rings. The molecular weight excluding hydrogens is 284 g/mol. The van der Waals surface area contributed by atoms with Gasteiger partial charge in [0.25, 0.3) is 0 Å². The summed E-state index contributed by atoms with van der Waals surface area (Å²) in [7, 11) is 0. The first-order valence-electron chi connectivity index (χ1n) is 7.81. The van der Waals surface area contributed by atoms with Crippen LogP contribution in [0.1, 0.15) is 18.4 Å². The highest BCUT2D eigenvalue weighted by Gasteiger charge is 2.41. The van der Waals surface area contributed by atoms with Crippen molar-refractivity contribution in [2.45, 2.75) is 26.0 Å². The fourth-order valence-electron chi connectivity index (χ4n) is 3.21. The summed E-state index contributed by atoms with van der Waals surface area (Å²) < 4.78 is 17.4. The number of ether oxygens (including phenoxy) is 2. The molecule has 2 aliphatic rings. The Morgan fingerprint density at radius 1 is 1.27 bits per heavy atom. The predicted octanol–water partition coefficient (Wildman–Crippen LogP) is 1.04. The maximum atomic E-state index is 11.7. The van der Waals surface area contributed by atoms with Gasteiger partial charge < -0.3 is 18.8 Å². The number of aryl methyl sites for hydroxylation is 1. The van der Waals surface area contributed by atoms with Gasteiger partial charge in [0.15, 0.2) is 0 Å². The molecule has 122 valence electrons. The van der Waals surface area contributed by atoms with Crippen molar-refractivity contribution in [1.29, 1.82) is 0 Å². The van der Waals surface area contributed by atoms with Crippen LogP contribution < -0.4 is 0 Å². The first-order valence-corrected chi connectivity index (χ1v) is 7.81. The Kier molecular flexibility index (Phi) is 4.52. The van der Waals surface area contributed by atoms with Crippen molar-refractivity contribution in [1.82, 2.24) is 9.80 Å². The molecule has 0 saturated carbocycles. The average molecular weight is 308 g/mol. The Morgan fingerprint density at radius 3 is 2.86 bits per heavy atom. The van der Waals surface area contributed by atoms with E-state index in [1.54, 1.807) is 6.92 Å². The quantitative estimate of drug-likeness (QED) is 0.817. The number of rotatable bonds is 2. The molecule has 2 aliphatic heterocycles. The van der Waals surface area contributed by atoms with Crippen molar-refractivity contribution in [3.05, 3.63) is 23.7 Å². The highest BCUT2D eigenvalue weighted by atomic mass is 16.5. The third-order valence-corrected chi connectivity index (χ3v) is 4.30. The molecule has 0 unspecified atom stereocenters. The second-order valence-electron chi connectivity index (χ2n) is 6.25. The van der Waals surface area contributed by atoms with Crippen molar-refractivity contribution < 1.29 is 18.7 Å². The van der Waals surface area contributed by atoms with Gasteiger partial charge in [-0.15, -0.1) is 0 Å². The molecule has 1 atom stereocenters. The molecule has 22 heavy (non-hydrogen) atoms. The molecule has 3 rings (SSSR count). The summed E-state index contributed by atoms with van der Waals surface area (Å²) in [6.07, 6.45) is 0. The maximum Gasteiger partial charge on any atom is 0.219 e. The molecule has 0 N–H and O–H groups in total. The fourth-order valence-corrected chi connectivity index (χ4v) is 3.21. The van der Waals surface area contributed by atoms with Gasteiger partial charge >= 0.3 is 0 Å². The van der Waals surface area contributed by atoms with E-state index in [2.05, 4.69) is 4.90 Å². The monoisotopic (exact) mass is 308 g/mol. The molecule has 0 aliphatic carbocycles. The van der Waals surface area contributed by atoms with E-state index < -0.39 is 5.60 Å². The van der Waals surface area contributed by atoms with Crippen LogP contribution in [-0.2, 0) is 20.8 Å². The molecule has 2 saturated heterocycles. The van der Waals surface area contributed by atoms with Gasteiger partial charge in [-0.1, -0.05) is 0 Å². The van der Waals surface area contributed by atoms with Gasteiger partial charge in [-0.05, 0) is 19.1 Å². The maximum absolute atomic E-state index is 11.7. The van der Waals surface area contributed by atoms with Gasteiger partial charge in [-0.3, -0.25) is 9.69 Å². The number of carbonyl (C=O) groups excluding carboxylic acids is 1. The zero-order valence-corrected chi connectivity index (χ0v) is 13.3. The standard InChI is InChI=1S/C16H24N2O4/c1-13-3-4-15(22-13)9-17-5-8-21-16(10-17)11-18(14(2)19)6-7-20-12-16/h3-4H,5-12H2,1-2H3/t16-/m1/s1. The number of nitrogens with zero attached hydrogens (tertiary/aromatic N) is 2. The average Bonchev–Trinajstić information content (AvgIpc) is 2.76. The van der Waals surface area contributed by atoms with Crippen molar-refractivity contribution in [2.24, 2.45) is 0 Å². The minimum atomic E-state index is -0.429. The lowest BCUT2D eigenvalue weighted by atomic mass is 10.0. The molecule has 0 bridgehead atoms. The van der Waals surface area contributed by atoms with Gasteiger partial charge in [0.05, 0.1) is 32.9 Å². The van der Waals surface area contributed by atoms with E-state index >= 15 is 0 Å². The van der Waals surface area contributed by atoms with Crippen molar-refractivity contribution >= 4 is 5.91 Å². The number of hydrogen-bond donors (Lipinski definition) is 0. The second-order valence-corrected chi connectivity index (χ2v) is 6.25. The smallest absolute Gasteiger partial charge is 0.219 e. The Labute approximate surface area is 131 Å². The predicted molar refractivity (Wildman–Crippen MR) is 80.5 cm³/mol. The molecular formula is C16H24N2O4. The summed E-state index contributed by atoms with van der Waals surface area (Å²) in [4.78, 5) is 15.9. The van der Waals surface area contributed by atoms with E-state index in [0.29, 0.717) is 32.9 Å². The molecule has 3 heterocycles. The Balaban J connectivity index is 1.68. The van der Waals surface area contributed by atoms with Crippen molar-refractivity contribution in [2.75, 3.05) is 46.0 Å². The summed E-state index contributed by atoms with van der Waals surface area (Å²) in [6, 6.07) is 4.00. The third-order valence-electron chi connectivity index (χ3n) is 4.30. The minimum absolute atomic E-state index is 0.0762. The number of carbonyl (C=O) groups is 1. The molecule has 1 aromatic heterocycles. The lowest BCUT2D eigenvalue weighted by Gasteiger charge is -2.43. The Bertz CT molecular complexity index is 530. The topological polar surface area (TPSA) is 55.2 Å². The van der Waals surface area contributed by atoms with Crippen LogP contribution in [0, 0.1) is 6.92 Å². The normalized spacial score (nSPS) is 27.1. The van der Waals surface area contributed by atoms with E-state index in [-0.39, 0.29) is 5.91 Å². The van der Waals surface area contributed by atoms with E-state index in [4.69, 9.17) is 13.9 Å². The zero-order valence-electron chi connectivity index (χ0n) is 13.3. The van der Waals surface area contributed by atoms with Gasteiger partial charge in [-0.2, -0.15) is 0 Å². The fraction of sp³-hybridized carbons (Fsp3) is 0.688. The van der Waals surface area contributed by atoms with Crippen LogP contribution in [0.25, 0.3) is 0 Å². The van der Waals surface area contributed by atoms with Crippen LogP contribution >= 0.6 is 0 Å². The number of hydrogen-bond acceptors (Lipinski definition) is 5. The Hall–Kier alpha value is -1.37. The Morgan fingerprint density at radius 2 is 2.14 bits per heavy atom. The third kappa shape index (κ3) is 3.51. The van der Waals surface area contributed by atoms with E-state index in [0.717, 1.165) is 31.2 Å². The van der Waals surface area contributed by atoms with Gasteiger partial charge in [-0.25, -0.2) is 0 Å². The highest BCUT2D eigenvalue weighted by molar-refractivity contribution is 5.73. The van der Waals surface area contributed by atoms with Gasteiger partial charge in [0.2, 0.25) is 5.91 Å². The van der Waals surface area contributed by atoms with Crippen LogP contribution in [0.15, 0.2) is 16.5 Å². The first kappa shape index (κ1) is 15.5. The summed E-state index contributed by atoms with van der Waals surface area (Å²) in [6.45, 7) is 8.91. The zero-order chi connectivity index (χ0) is 15.6. The second kappa shape index (κ2) is 6.40. The minimum Gasteiger partial charge on any atom is -0.465 e.